The number of fused-ring (bicyclic) bond motifs is 2. The van der Waals surface area contributed by atoms with Crippen molar-refractivity contribution in [3.63, 3.8) is 0 Å². The number of ether oxygens (including phenoxy) is 1. The van der Waals surface area contributed by atoms with Gasteiger partial charge in [0.2, 0.25) is 0 Å². The number of likely N-dealkylation sites (tertiary alicyclic amines) is 1. The zero-order chi connectivity index (χ0) is 25.5. The summed E-state index contributed by atoms with van der Waals surface area (Å²) in [6.07, 6.45) is 9.66. The second-order valence-electron chi connectivity index (χ2n) is 9.24. The standard InChI is InChI=1S/C27H23ClN8OS/c28-23-6-5-22(38-23)18-14-30-15-21-24(18)33-27(32-21)26-25-20(34-35-26)4-3-19(31-25)16-11-17(13-29-12-16)37-10-9-36-7-1-2-8-36/h3-6,11-15H,1-2,7-10H2,(H,32,33)(H,34,35). The average Bonchev–Trinajstić information content (AvgIpc) is 3.74. The Kier molecular flexibility index (Phi) is 5.99. The predicted octanol–water partition coefficient (Wildman–Crippen LogP) is 5.81. The van der Waals surface area contributed by atoms with Crippen molar-refractivity contribution in [3.05, 3.63) is 59.5 Å². The fraction of sp³-hybridized carbons (Fsp3) is 0.222. The lowest BCUT2D eigenvalue weighted by Crippen LogP contribution is -2.25. The first-order valence-corrected chi connectivity index (χ1v) is 13.7. The van der Waals surface area contributed by atoms with E-state index in [9.17, 15) is 0 Å². The highest BCUT2D eigenvalue weighted by atomic mass is 35.5. The summed E-state index contributed by atoms with van der Waals surface area (Å²) < 4.78 is 6.72. The molecule has 6 aromatic rings. The lowest BCUT2D eigenvalue weighted by molar-refractivity contribution is 0.237. The number of thiophene rings is 1. The minimum Gasteiger partial charge on any atom is -0.491 e. The Hall–Kier alpha value is -3.86. The molecule has 38 heavy (non-hydrogen) atoms. The average molecular weight is 543 g/mol. The number of hydrogen-bond acceptors (Lipinski definition) is 8. The summed E-state index contributed by atoms with van der Waals surface area (Å²) in [5.41, 5.74) is 6.38. The number of rotatable bonds is 7. The first-order chi connectivity index (χ1) is 18.7. The number of nitrogens with zero attached hydrogens (tertiary/aromatic N) is 6. The van der Waals surface area contributed by atoms with Crippen LogP contribution in [0.3, 0.4) is 0 Å². The Morgan fingerprint density at radius 2 is 1.84 bits per heavy atom. The molecular weight excluding hydrogens is 520 g/mol. The van der Waals surface area contributed by atoms with Crippen LogP contribution in [0.1, 0.15) is 12.8 Å². The molecule has 1 aliphatic heterocycles. The van der Waals surface area contributed by atoms with Gasteiger partial charge in [-0.2, -0.15) is 5.10 Å². The summed E-state index contributed by atoms with van der Waals surface area (Å²) >= 11 is 7.67. The SMILES string of the molecule is Clc1ccc(-c2cncc3[nH]c(-c4n[nH]c5ccc(-c6cncc(OCCN7CCCC7)c6)nc45)nc23)s1. The van der Waals surface area contributed by atoms with Gasteiger partial charge in [-0.3, -0.25) is 20.0 Å². The smallest absolute Gasteiger partial charge is 0.161 e. The minimum absolute atomic E-state index is 0.616. The Bertz CT molecular complexity index is 1750. The number of imidazole rings is 1. The summed E-state index contributed by atoms with van der Waals surface area (Å²) in [6, 6.07) is 9.77. The van der Waals surface area contributed by atoms with Crippen molar-refractivity contribution in [2.24, 2.45) is 0 Å². The van der Waals surface area contributed by atoms with Crippen LogP contribution >= 0.6 is 22.9 Å². The molecule has 0 radical (unpaired) electrons. The molecule has 0 amide bonds. The van der Waals surface area contributed by atoms with E-state index in [0.29, 0.717) is 18.1 Å². The van der Waals surface area contributed by atoms with E-state index in [2.05, 4.69) is 30.0 Å². The molecule has 9 nitrogen and oxygen atoms in total. The summed E-state index contributed by atoms with van der Waals surface area (Å²) in [5, 5.41) is 7.61. The number of nitrogens with one attached hydrogen (secondary N) is 2. The largest absolute Gasteiger partial charge is 0.491 e. The maximum atomic E-state index is 6.17. The van der Waals surface area contributed by atoms with Gasteiger partial charge in [0.1, 0.15) is 23.4 Å². The molecule has 11 heteroatoms. The number of aromatic amines is 2. The van der Waals surface area contributed by atoms with Crippen LogP contribution in [-0.2, 0) is 0 Å². The molecule has 6 aromatic heterocycles. The Morgan fingerprint density at radius 3 is 2.71 bits per heavy atom. The third-order valence-corrected chi connectivity index (χ3v) is 8.01. The topological polar surface area (TPSA) is 108 Å². The van der Waals surface area contributed by atoms with Gasteiger partial charge >= 0.3 is 0 Å². The molecule has 190 valence electrons. The number of H-pyrrole nitrogens is 2. The monoisotopic (exact) mass is 542 g/mol. The molecule has 1 saturated heterocycles. The molecule has 2 N–H and O–H groups in total. The van der Waals surface area contributed by atoms with Gasteiger partial charge in [0.05, 0.1) is 33.5 Å². The minimum atomic E-state index is 0.616. The fourth-order valence-electron chi connectivity index (χ4n) is 4.85. The normalized spacial score (nSPS) is 14.1. The highest BCUT2D eigenvalue weighted by molar-refractivity contribution is 7.19. The van der Waals surface area contributed by atoms with Crippen LogP contribution in [0.5, 0.6) is 5.75 Å². The molecule has 1 fully saturated rings. The van der Waals surface area contributed by atoms with E-state index in [0.717, 1.165) is 73.5 Å². The van der Waals surface area contributed by atoms with Crippen LogP contribution in [0, 0.1) is 0 Å². The van der Waals surface area contributed by atoms with Gasteiger partial charge in [0.25, 0.3) is 0 Å². The van der Waals surface area contributed by atoms with Crippen molar-refractivity contribution < 1.29 is 4.74 Å². The van der Waals surface area contributed by atoms with E-state index in [-0.39, 0.29) is 0 Å². The second kappa shape index (κ2) is 9.79. The first-order valence-electron chi connectivity index (χ1n) is 12.5. The number of aromatic nitrogens is 7. The fourth-order valence-corrected chi connectivity index (χ4v) is 5.90. The summed E-state index contributed by atoms with van der Waals surface area (Å²) in [4.78, 5) is 25.4. The lowest BCUT2D eigenvalue weighted by Gasteiger charge is -2.15. The summed E-state index contributed by atoms with van der Waals surface area (Å²) in [7, 11) is 0. The van der Waals surface area contributed by atoms with Crippen molar-refractivity contribution in [1.29, 1.82) is 0 Å². The lowest BCUT2D eigenvalue weighted by atomic mass is 10.1. The van der Waals surface area contributed by atoms with Crippen LogP contribution in [0.25, 0.3) is 55.3 Å². The molecule has 0 spiro atoms. The van der Waals surface area contributed by atoms with Gasteiger partial charge in [0.15, 0.2) is 11.5 Å². The van der Waals surface area contributed by atoms with E-state index in [4.69, 9.17) is 26.3 Å². The molecule has 0 aliphatic carbocycles. The van der Waals surface area contributed by atoms with Gasteiger partial charge in [-0.1, -0.05) is 11.6 Å². The quantitative estimate of drug-likeness (QED) is 0.262. The summed E-state index contributed by atoms with van der Waals surface area (Å²) in [6.45, 7) is 3.89. The van der Waals surface area contributed by atoms with Crippen molar-refractivity contribution in [2.75, 3.05) is 26.2 Å². The molecule has 1 aliphatic rings. The Morgan fingerprint density at radius 1 is 0.947 bits per heavy atom. The van der Waals surface area contributed by atoms with Crippen molar-refractivity contribution in [3.8, 4) is 39.0 Å². The van der Waals surface area contributed by atoms with Crippen molar-refractivity contribution in [1.82, 2.24) is 40.0 Å². The van der Waals surface area contributed by atoms with E-state index >= 15 is 0 Å². The molecular formula is C27H23ClN8OS. The van der Waals surface area contributed by atoms with Crippen LogP contribution in [0.15, 0.2) is 55.1 Å². The molecule has 0 aromatic carbocycles. The highest BCUT2D eigenvalue weighted by Crippen LogP contribution is 2.35. The van der Waals surface area contributed by atoms with Crippen LogP contribution in [0.4, 0.5) is 0 Å². The van der Waals surface area contributed by atoms with Crippen LogP contribution in [0.2, 0.25) is 4.34 Å². The number of pyridine rings is 3. The van der Waals surface area contributed by atoms with Crippen molar-refractivity contribution in [2.45, 2.75) is 12.8 Å². The zero-order valence-corrected chi connectivity index (χ0v) is 21.9. The van der Waals surface area contributed by atoms with Gasteiger partial charge in [-0.05, 0) is 56.3 Å². The zero-order valence-electron chi connectivity index (χ0n) is 20.3. The van der Waals surface area contributed by atoms with Crippen molar-refractivity contribution >= 4 is 45.0 Å². The van der Waals surface area contributed by atoms with Gasteiger partial charge in [-0.25, -0.2) is 9.97 Å². The van der Waals surface area contributed by atoms with E-state index in [1.54, 1.807) is 24.8 Å². The maximum Gasteiger partial charge on any atom is 0.161 e. The number of halogens is 1. The highest BCUT2D eigenvalue weighted by Gasteiger charge is 2.18. The first kappa shape index (κ1) is 23.3. The van der Waals surface area contributed by atoms with Gasteiger partial charge in [0, 0.05) is 34.9 Å². The predicted molar refractivity (Wildman–Crippen MR) is 149 cm³/mol. The van der Waals surface area contributed by atoms with E-state index in [1.807, 2.05) is 30.3 Å². The molecule has 0 atom stereocenters. The molecule has 7 rings (SSSR count). The van der Waals surface area contributed by atoms with Crippen LogP contribution < -0.4 is 4.74 Å². The molecule has 0 bridgehead atoms. The molecule has 7 heterocycles. The van der Waals surface area contributed by atoms with Crippen LogP contribution in [-0.4, -0.2) is 66.3 Å². The van der Waals surface area contributed by atoms with E-state index < -0.39 is 0 Å². The maximum absolute atomic E-state index is 6.17. The Balaban J connectivity index is 1.20. The Labute approximate surface area is 226 Å². The van der Waals surface area contributed by atoms with E-state index in [1.165, 1.54) is 24.2 Å². The van der Waals surface area contributed by atoms with Gasteiger partial charge in [-0.15, -0.1) is 11.3 Å². The third kappa shape index (κ3) is 4.40. The molecule has 0 saturated carbocycles. The molecule has 0 unspecified atom stereocenters. The van der Waals surface area contributed by atoms with Gasteiger partial charge < -0.3 is 9.72 Å². The second-order valence-corrected chi connectivity index (χ2v) is 11.0. The summed E-state index contributed by atoms with van der Waals surface area (Å²) in [5.74, 6) is 1.35. The third-order valence-electron chi connectivity index (χ3n) is 6.75. The number of hydrogen-bond donors (Lipinski definition) is 2.